The van der Waals surface area contributed by atoms with Crippen molar-refractivity contribution in [3.8, 4) is 5.75 Å². The van der Waals surface area contributed by atoms with Gasteiger partial charge in [0.1, 0.15) is 5.75 Å². The fourth-order valence-corrected chi connectivity index (χ4v) is 3.55. The van der Waals surface area contributed by atoms with Crippen molar-refractivity contribution in [2.75, 3.05) is 13.6 Å². The smallest absolute Gasteiger partial charge is 0.226 e. The molecule has 1 heterocycles. The lowest BCUT2D eigenvalue weighted by Crippen LogP contribution is -2.37. The van der Waals surface area contributed by atoms with E-state index in [1.54, 1.807) is 7.05 Å². The largest absolute Gasteiger partial charge is 0.490 e. The summed E-state index contributed by atoms with van der Waals surface area (Å²) in [7, 11) is 1.79. The molecule has 0 spiro atoms. The molecule has 30 heavy (non-hydrogen) atoms. The second-order valence-electron chi connectivity index (χ2n) is 8.29. The molecule has 1 aliphatic carbocycles. The predicted octanol–water partition coefficient (Wildman–Crippen LogP) is 4.12. The Morgan fingerprint density at radius 2 is 2.07 bits per heavy atom. The molecule has 2 N–H and O–H groups in total. The molecule has 164 valence electrons. The first-order chi connectivity index (χ1) is 14.5. The van der Waals surface area contributed by atoms with E-state index in [0.29, 0.717) is 18.5 Å². The molecule has 0 unspecified atom stereocenters. The van der Waals surface area contributed by atoms with Crippen molar-refractivity contribution in [3.63, 3.8) is 0 Å². The SMILES string of the molecule is CN=C(NCCCc1nc(C(C)C)no1)NCc1ccc(C)cc1OC1CCCC1. The van der Waals surface area contributed by atoms with Crippen LogP contribution < -0.4 is 15.4 Å². The predicted molar refractivity (Wildman–Crippen MR) is 119 cm³/mol. The van der Waals surface area contributed by atoms with Gasteiger partial charge >= 0.3 is 0 Å². The van der Waals surface area contributed by atoms with E-state index in [0.717, 1.165) is 55.3 Å². The van der Waals surface area contributed by atoms with Crippen LogP contribution in [0, 0.1) is 6.92 Å². The van der Waals surface area contributed by atoms with Crippen LogP contribution in [0.5, 0.6) is 5.75 Å². The molecular formula is C23H35N5O2. The van der Waals surface area contributed by atoms with Gasteiger partial charge in [0.2, 0.25) is 5.89 Å². The fourth-order valence-electron chi connectivity index (χ4n) is 3.55. The Morgan fingerprint density at radius 3 is 2.77 bits per heavy atom. The first-order valence-corrected chi connectivity index (χ1v) is 11.1. The van der Waals surface area contributed by atoms with Crippen molar-refractivity contribution in [2.45, 2.75) is 77.9 Å². The van der Waals surface area contributed by atoms with E-state index < -0.39 is 0 Å². The van der Waals surface area contributed by atoms with E-state index in [1.165, 1.54) is 18.4 Å². The summed E-state index contributed by atoms with van der Waals surface area (Å²) in [6.07, 6.45) is 6.84. The summed E-state index contributed by atoms with van der Waals surface area (Å²) >= 11 is 0. The van der Waals surface area contributed by atoms with E-state index >= 15 is 0 Å². The molecule has 1 aliphatic rings. The maximum absolute atomic E-state index is 6.30. The standard InChI is InChI=1S/C23H35N5O2/c1-16(2)22-27-21(30-28-22)10-7-13-25-23(24-4)26-15-18-12-11-17(3)14-20(18)29-19-8-5-6-9-19/h11-12,14,16,19H,5-10,13,15H2,1-4H3,(H2,24,25,26). The summed E-state index contributed by atoms with van der Waals surface area (Å²) in [6, 6.07) is 6.41. The molecule has 0 aliphatic heterocycles. The van der Waals surface area contributed by atoms with Gasteiger partial charge in [-0.25, -0.2) is 0 Å². The van der Waals surface area contributed by atoms with Crippen LogP contribution in [0.25, 0.3) is 0 Å². The van der Waals surface area contributed by atoms with Gasteiger partial charge in [-0.15, -0.1) is 0 Å². The Labute approximate surface area is 179 Å². The number of nitrogens with one attached hydrogen (secondary N) is 2. The zero-order valence-corrected chi connectivity index (χ0v) is 18.7. The maximum atomic E-state index is 6.30. The molecule has 0 atom stereocenters. The highest BCUT2D eigenvalue weighted by Gasteiger charge is 2.18. The van der Waals surface area contributed by atoms with E-state index in [9.17, 15) is 0 Å². The van der Waals surface area contributed by atoms with Gasteiger partial charge in [-0.1, -0.05) is 31.1 Å². The van der Waals surface area contributed by atoms with Crippen molar-refractivity contribution >= 4 is 5.96 Å². The van der Waals surface area contributed by atoms with Crippen LogP contribution in [0.2, 0.25) is 0 Å². The van der Waals surface area contributed by atoms with Crippen LogP contribution in [0.3, 0.4) is 0 Å². The number of rotatable bonds is 9. The molecule has 1 aromatic heterocycles. The maximum Gasteiger partial charge on any atom is 0.226 e. The first-order valence-electron chi connectivity index (χ1n) is 11.1. The average molecular weight is 414 g/mol. The topological polar surface area (TPSA) is 84.6 Å². The van der Waals surface area contributed by atoms with Gasteiger partial charge in [0.25, 0.3) is 0 Å². The summed E-state index contributed by atoms with van der Waals surface area (Å²) in [4.78, 5) is 8.74. The molecule has 1 fully saturated rings. The molecule has 0 amide bonds. The van der Waals surface area contributed by atoms with Crippen LogP contribution in [0.15, 0.2) is 27.7 Å². The Hall–Kier alpha value is -2.57. The second kappa shape index (κ2) is 11.0. The van der Waals surface area contributed by atoms with Crippen LogP contribution in [0.4, 0.5) is 0 Å². The van der Waals surface area contributed by atoms with Crippen molar-refractivity contribution in [1.29, 1.82) is 0 Å². The lowest BCUT2D eigenvalue weighted by atomic mass is 10.1. The Kier molecular flexibility index (Phi) is 8.11. The highest BCUT2D eigenvalue weighted by Crippen LogP contribution is 2.27. The highest BCUT2D eigenvalue weighted by molar-refractivity contribution is 5.79. The number of hydrogen-bond donors (Lipinski definition) is 2. The zero-order valence-electron chi connectivity index (χ0n) is 18.7. The lowest BCUT2D eigenvalue weighted by Gasteiger charge is -2.18. The Bertz CT molecular complexity index is 825. The number of aromatic nitrogens is 2. The fraction of sp³-hybridized carbons (Fsp3) is 0.609. The molecule has 7 heteroatoms. The zero-order chi connectivity index (χ0) is 21.3. The minimum atomic E-state index is 0.285. The first kappa shape index (κ1) is 22.1. The quantitative estimate of drug-likeness (QED) is 0.365. The molecular weight excluding hydrogens is 378 g/mol. The Morgan fingerprint density at radius 1 is 1.27 bits per heavy atom. The number of aliphatic imine (C=N–C) groups is 1. The molecule has 0 saturated heterocycles. The molecule has 1 saturated carbocycles. The number of nitrogens with zero attached hydrogens (tertiary/aromatic N) is 3. The molecule has 3 rings (SSSR count). The van der Waals surface area contributed by atoms with Gasteiger partial charge in [0.15, 0.2) is 11.8 Å². The van der Waals surface area contributed by atoms with E-state index in [4.69, 9.17) is 9.26 Å². The highest BCUT2D eigenvalue weighted by atomic mass is 16.5. The molecule has 0 radical (unpaired) electrons. The van der Waals surface area contributed by atoms with Gasteiger partial charge < -0.3 is 19.9 Å². The van der Waals surface area contributed by atoms with Crippen LogP contribution in [-0.4, -0.2) is 35.8 Å². The van der Waals surface area contributed by atoms with Crippen molar-refractivity contribution in [3.05, 3.63) is 41.0 Å². The van der Waals surface area contributed by atoms with E-state index in [1.807, 2.05) is 0 Å². The molecule has 7 nitrogen and oxygen atoms in total. The normalized spacial score (nSPS) is 15.0. The van der Waals surface area contributed by atoms with Gasteiger partial charge in [0.05, 0.1) is 6.10 Å². The monoisotopic (exact) mass is 413 g/mol. The summed E-state index contributed by atoms with van der Waals surface area (Å²) in [6.45, 7) is 7.67. The van der Waals surface area contributed by atoms with E-state index in [-0.39, 0.29) is 5.92 Å². The summed E-state index contributed by atoms with van der Waals surface area (Å²) in [5.41, 5.74) is 2.37. The van der Waals surface area contributed by atoms with Crippen molar-refractivity contribution in [1.82, 2.24) is 20.8 Å². The van der Waals surface area contributed by atoms with Gasteiger partial charge in [-0.05, 0) is 50.7 Å². The minimum absolute atomic E-state index is 0.285. The van der Waals surface area contributed by atoms with Crippen LogP contribution in [-0.2, 0) is 13.0 Å². The average Bonchev–Trinajstić information content (AvgIpc) is 3.41. The second-order valence-corrected chi connectivity index (χ2v) is 8.29. The number of ether oxygens (including phenoxy) is 1. The van der Waals surface area contributed by atoms with Crippen molar-refractivity contribution < 1.29 is 9.26 Å². The minimum Gasteiger partial charge on any atom is -0.490 e. The Balaban J connectivity index is 1.45. The molecule has 2 aromatic rings. The summed E-state index contributed by atoms with van der Waals surface area (Å²) in [5.74, 6) is 3.51. The van der Waals surface area contributed by atoms with Gasteiger partial charge in [-0.2, -0.15) is 4.98 Å². The molecule has 0 bridgehead atoms. The van der Waals surface area contributed by atoms with E-state index in [2.05, 4.69) is 64.7 Å². The van der Waals surface area contributed by atoms with Crippen molar-refractivity contribution in [2.24, 2.45) is 4.99 Å². The number of benzene rings is 1. The third-order valence-corrected chi connectivity index (χ3v) is 5.35. The number of guanidine groups is 1. The van der Waals surface area contributed by atoms with Gasteiger partial charge in [0, 0.05) is 38.0 Å². The van der Waals surface area contributed by atoms with Crippen LogP contribution >= 0.6 is 0 Å². The van der Waals surface area contributed by atoms with Gasteiger partial charge in [-0.3, -0.25) is 4.99 Å². The number of aryl methyl sites for hydroxylation is 2. The van der Waals surface area contributed by atoms with Crippen LogP contribution in [0.1, 0.15) is 74.7 Å². The lowest BCUT2D eigenvalue weighted by molar-refractivity contribution is 0.207. The summed E-state index contributed by atoms with van der Waals surface area (Å²) < 4.78 is 11.6. The number of hydrogen-bond acceptors (Lipinski definition) is 5. The third-order valence-electron chi connectivity index (χ3n) is 5.35. The summed E-state index contributed by atoms with van der Waals surface area (Å²) in [5, 5.41) is 10.8. The third kappa shape index (κ3) is 6.47. The molecule has 1 aromatic carbocycles.